The Labute approximate surface area is 107 Å². The zero-order valence-electron chi connectivity index (χ0n) is 10.9. The monoisotopic (exact) mass is 251 g/mol. The Bertz CT molecular complexity index is 408. The van der Waals surface area contributed by atoms with Crippen molar-refractivity contribution >= 4 is 0 Å². The molecule has 2 aliphatic carbocycles. The maximum absolute atomic E-state index is 5.93. The van der Waals surface area contributed by atoms with Crippen molar-refractivity contribution in [1.82, 2.24) is 10.1 Å². The Morgan fingerprint density at radius 1 is 1.44 bits per heavy atom. The molecular weight excluding hydrogens is 230 g/mol. The Morgan fingerprint density at radius 2 is 2.17 bits per heavy atom. The lowest BCUT2D eigenvalue weighted by Crippen LogP contribution is -2.32. The number of ether oxygens (including phenoxy) is 1. The van der Waals surface area contributed by atoms with Gasteiger partial charge in [-0.1, -0.05) is 18.0 Å². The molecule has 1 unspecified atom stereocenters. The molecule has 0 aromatic carbocycles. The molecule has 2 N–H and O–H groups in total. The van der Waals surface area contributed by atoms with Crippen LogP contribution in [0.25, 0.3) is 0 Å². The number of methoxy groups -OCH3 is 1. The van der Waals surface area contributed by atoms with Gasteiger partial charge in [0, 0.05) is 13.7 Å². The zero-order chi connectivity index (χ0) is 12.6. The molecule has 2 saturated carbocycles. The minimum atomic E-state index is -0.0763. The first kappa shape index (κ1) is 12.1. The minimum absolute atomic E-state index is 0.00118. The summed E-state index contributed by atoms with van der Waals surface area (Å²) in [5, 5.41) is 4.12. The summed E-state index contributed by atoms with van der Waals surface area (Å²) in [5.74, 6) is 1.99. The molecule has 2 fully saturated rings. The Balaban J connectivity index is 1.83. The van der Waals surface area contributed by atoms with Crippen LogP contribution in [-0.4, -0.2) is 23.8 Å². The van der Waals surface area contributed by atoms with Crippen molar-refractivity contribution in [3.8, 4) is 0 Å². The van der Waals surface area contributed by atoms with Gasteiger partial charge in [0.15, 0.2) is 0 Å². The van der Waals surface area contributed by atoms with Crippen molar-refractivity contribution in [2.75, 3.05) is 13.7 Å². The average molecular weight is 251 g/mol. The summed E-state index contributed by atoms with van der Waals surface area (Å²) in [4.78, 5) is 4.58. The predicted molar refractivity (Wildman–Crippen MR) is 66.0 cm³/mol. The van der Waals surface area contributed by atoms with E-state index in [1.54, 1.807) is 7.11 Å². The first-order chi connectivity index (χ1) is 8.79. The molecule has 1 heterocycles. The SMILES string of the molecule is COC(c1noc(C2(CN)CCCC2)n1)C1CC1. The summed E-state index contributed by atoms with van der Waals surface area (Å²) in [6.45, 7) is 0.593. The van der Waals surface area contributed by atoms with E-state index in [0.29, 0.717) is 18.3 Å². The fraction of sp³-hybridized carbons (Fsp3) is 0.846. The molecular formula is C13H21N3O2. The van der Waals surface area contributed by atoms with Crippen molar-refractivity contribution in [2.24, 2.45) is 11.7 Å². The molecule has 0 bridgehead atoms. The van der Waals surface area contributed by atoms with Crippen molar-refractivity contribution in [3.63, 3.8) is 0 Å². The first-order valence-electron chi connectivity index (χ1n) is 6.86. The molecule has 0 radical (unpaired) electrons. The normalized spacial score (nSPS) is 24.3. The molecule has 100 valence electrons. The molecule has 0 amide bonds. The highest BCUT2D eigenvalue weighted by Gasteiger charge is 2.41. The van der Waals surface area contributed by atoms with Gasteiger partial charge in [-0.2, -0.15) is 4.98 Å². The molecule has 0 aliphatic heterocycles. The third-order valence-electron chi connectivity index (χ3n) is 4.41. The van der Waals surface area contributed by atoms with E-state index in [4.69, 9.17) is 15.0 Å². The molecule has 0 saturated heterocycles. The summed E-state index contributed by atoms with van der Waals surface area (Å²) in [6, 6.07) is 0. The van der Waals surface area contributed by atoms with E-state index in [9.17, 15) is 0 Å². The van der Waals surface area contributed by atoms with Crippen molar-refractivity contribution in [3.05, 3.63) is 11.7 Å². The van der Waals surface area contributed by atoms with Crippen LogP contribution < -0.4 is 5.73 Å². The van der Waals surface area contributed by atoms with Crippen molar-refractivity contribution in [1.29, 1.82) is 0 Å². The number of hydrogen-bond acceptors (Lipinski definition) is 5. The van der Waals surface area contributed by atoms with E-state index in [0.717, 1.165) is 18.7 Å². The predicted octanol–water partition coefficient (Wildman–Crippen LogP) is 1.94. The van der Waals surface area contributed by atoms with Crippen LogP contribution in [0.5, 0.6) is 0 Å². The maximum Gasteiger partial charge on any atom is 0.234 e. The lowest BCUT2D eigenvalue weighted by Gasteiger charge is -2.21. The van der Waals surface area contributed by atoms with Gasteiger partial charge < -0.3 is 15.0 Å². The van der Waals surface area contributed by atoms with Gasteiger partial charge in [-0.25, -0.2) is 0 Å². The largest absolute Gasteiger partial charge is 0.373 e. The van der Waals surface area contributed by atoms with Gasteiger partial charge in [-0.05, 0) is 31.6 Å². The van der Waals surface area contributed by atoms with Crippen molar-refractivity contribution in [2.45, 2.75) is 50.0 Å². The smallest absolute Gasteiger partial charge is 0.234 e. The van der Waals surface area contributed by atoms with Crippen LogP contribution in [0.1, 0.15) is 56.3 Å². The van der Waals surface area contributed by atoms with Crippen LogP contribution in [0, 0.1) is 5.92 Å². The highest BCUT2D eigenvalue weighted by atomic mass is 16.5. The van der Waals surface area contributed by atoms with Crippen LogP contribution in [0.4, 0.5) is 0 Å². The summed E-state index contributed by atoms with van der Waals surface area (Å²) in [6.07, 6.45) is 6.92. The van der Waals surface area contributed by atoms with E-state index < -0.39 is 0 Å². The van der Waals surface area contributed by atoms with Gasteiger partial charge in [0.2, 0.25) is 11.7 Å². The molecule has 0 spiro atoms. The summed E-state index contributed by atoms with van der Waals surface area (Å²) in [7, 11) is 1.72. The second kappa shape index (κ2) is 4.63. The topological polar surface area (TPSA) is 74.2 Å². The van der Waals surface area contributed by atoms with E-state index in [1.165, 1.54) is 25.7 Å². The molecule has 5 nitrogen and oxygen atoms in total. The third-order valence-corrected chi connectivity index (χ3v) is 4.41. The van der Waals surface area contributed by atoms with Crippen molar-refractivity contribution < 1.29 is 9.26 Å². The standard InChI is InChI=1S/C13H21N3O2/c1-17-10(9-4-5-9)11-15-12(18-16-11)13(8-14)6-2-3-7-13/h9-10H,2-8,14H2,1H3. The number of nitrogens with two attached hydrogens (primary N) is 1. The second-order valence-corrected chi connectivity index (χ2v) is 5.64. The summed E-state index contributed by atoms with van der Waals surface area (Å²) in [5.41, 5.74) is 5.86. The fourth-order valence-corrected chi connectivity index (χ4v) is 3.03. The molecule has 1 aromatic rings. The zero-order valence-corrected chi connectivity index (χ0v) is 10.9. The van der Waals surface area contributed by atoms with Gasteiger partial charge in [0.05, 0.1) is 5.41 Å². The molecule has 1 aromatic heterocycles. The summed E-state index contributed by atoms with van der Waals surface area (Å²) < 4.78 is 11.0. The Hall–Kier alpha value is -0.940. The third kappa shape index (κ3) is 1.95. The molecule has 18 heavy (non-hydrogen) atoms. The molecule has 5 heteroatoms. The minimum Gasteiger partial charge on any atom is -0.373 e. The van der Waals surface area contributed by atoms with E-state index in [2.05, 4.69) is 10.1 Å². The van der Waals surface area contributed by atoms with E-state index in [-0.39, 0.29) is 11.5 Å². The number of hydrogen-bond donors (Lipinski definition) is 1. The summed E-state index contributed by atoms with van der Waals surface area (Å²) >= 11 is 0. The van der Waals surface area contributed by atoms with Gasteiger partial charge in [-0.3, -0.25) is 0 Å². The lowest BCUT2D eigenvalue weighted by molar-refractivity contribution is 0.0751. The fourth-order valence-electron chi connectivity index (χ4n) is 3.03. The first-order valence-corrected chi connectivity index (χ1v) is 6.86. The second-order valence-electron chi connectivity index (χ2n) is 5.64. The molecule has 2 aliphatic rings. The van der Waals surface area contributed by atoms with Crippen LogP contribution in [0.15, 0.2) is 4.52 Å². The van der Waals surface area contributed by atoms with Gasteiger partial charge in [0.1, 0.15) is 6.10 Å². The quantitative estimate of drug-likeness (QED) is 0.865. The highest BCUT2D eigenvalue weighted by Crippen LogP contribution is 2.44. The van der Waals surface area contributed by atoms with Crippen LogP contribution >= 0.6 is 0 Å². The van der Waals surface area contributed by atoms with Crippen LogP contribution in [-0.2, 0) is 10.2 Å². The number of aromatic nitrogens is 2. The van der Waals surface area contributed by atoms with Crippen LogP contribution in [0.3, 0.4) is 0 Å². The number of nitrogens with zero attached hydrogens (tertiary/aromatic N) is 2. The van der Waals surface area contributed by atoms with Gasteiger partial charge in [0.25, 0.3) is 0 Å². The van der Waals surface area contributed by atoms with Gasteiger partial charge >= 0.3 is 0 Å². The van der Waals surface area contributed by atoms with E-state index >= 15 is 0 Å². The highest BCUT2D eigenvalue weighted by molar-refractivity contribution is 5.10. The Morgan fingerprint density at radius 3 is 2.72 bits per heavy atom. The molecule has 1 atom stereocenters. The van der Waals surface area contributed by atoms with Crippen LogP contribution in [0.2, 0.25) is 0 Å². The maximum atomic E-state index is 5.93. The molecule has 3 rings (SSSR count). The average Bonchev–Trinajstić information content (AvgIpc) is 2.94. The Kier molecular flexibility index (Phi) is 3.11. The van der Waals surface area contributed by atoms with Gasteiger partial charge in [-0.15, -0.1) is 0 Å². The lowest BCUT2D eigenvalue weighted by atomic mass is 9.86. The number of rotatable bonds is 5. The van der Waals surface area contributed by atoms with E-state index in [1.807, 2.05) is 0 Å².